The van der Waals surface area contributed by atoms with Crippen molar-refractivity contribution in [3.05, 3.63) is 18.2 Å². The Balaban J connectivity index is 1.86. The van der Waals surface area contributed by atoms with Gasteiger partial charge in [0.25, 0.3) is 0 Å². The summed E-state index contributed by atoms with van der Waals surface area (Å²) in [5, 5.41) is 3.40. The van der Waals surface area contributed by atoms with Crippen molar-refractivity contribution < 1.29 is 9.53 Å². The van der Waals surface area contributed by atoms with Gasteiger partial charge < -0.3 is 19.5 Å². The van der Waals surface area contributed by atoms with E-state index in [0.717, 1.165) is 44.3 Å². The molecule has 0 unspecified atom stereocenters. The Morgan fingerprint density at radius 2 is 2.16 bits per heavy atom. The summed E-state index contributed by atoms with van der Waals surface area (Å²) in [6, 6.07) is 0. The maximum atomic E-state index is 11.9. The molecule has 1 saturated heterocycles. The van der Waals surface area contributed by atoms with Gasteiger partial charge in [-0.3, -0.25) is 9.79 Å². The second kappa shape index (κ2) is 9.44. The van der Waals surface area contributed by atoms with Crippen LogP contribution in [0.15, 0.2) is 17.4 Å². The minimum atomic E-state index is -0.0687. The Hall–Kier alpha value is -2.05. The highest BCUT2D eigenvalue weighted by atomic mass is 16.5. The van der Waals surface area contributed by atoms with Crippen molar-refractivity contribution >= 4 is 11.9 Å². The lowest BCUT2D eigenvalue weighted by Gasteiger charge is -2.33. The van der Waals surface area contributed by atoms with E-state index in [4.69, 9.17) is 4.74 Å². The first kappa shape index (κ1) is 19.3. The van der Waals surface area contributed by atoms with Crippen LogP contribution in [0.25, 0.3) is 0 Å². The number of carbonyl (C=O) groups excluding carboxylic acids is 1. The number of aromatic nitrogens is 2. The van der Waals surface area contributed by atoms with Gasteiger partial charge in [-0.1, -0.05) is 13.8 Å². The van der Waals surface area contributed by atoms with Gasteiger partial charge in [0.15, 0.2) is 5.96 Å². The van der Waals surface area contributed by atoms with Crippen LogP contribution in [0.2, 0.25) is 0 Å². The fourth-order valence-electron chi connectivity index (χ4n) is 3.14. The molecule has 1 aliphatic heterocycles. The van der Waals surface area contributed by atoms with Crippen molar-refractivity contribution in [1.29, 1.82) is 0 Å². The summed E-state index contributed by atoms with van der Waals surface area (Å²) >= 11 is 0. The molecule has 1 aliphatic rings. The van der Waals surface area contributed by atoms with Crippen molar-refractivity contribution in [2.75, 3.05) is 26.7 Å². The standard InChI is InChI=1S/C18H31N5O2/c1-5-25-17(24)15-6-9-22(10-7-15)18(19-4)21-12-16-20-8-11-23(16)13-14(2)3/h8,11,14-15H,5-7,9-10,12-13H2,1-4H3,(H,19,21). The highest BCUT2D eigenvalue weighted by Crippen LogP contribution is 2.18. The summed E-state index contributed by atoms with van der Waals surface area (Å²) in [5.41, 5.74) is 0. The molecule has 7 nitrogen and oxygen atoms in total. The Morgan fingerprint density at radius 3 is 2.76 bits per heavy atom. The van der Waals surface area contributed by atoms with Gasteiger partial charge in [0.05, 0.1) is 19.1 Å². The number of ether oxygens (including phenoxy) is 1. The molecule has 0 aromatic carbocycles. The van der Waals surface area contributed by atoms with Crippen LogP contribution in [-0.2, 0) is 22.6 Å². The van der Waals surface area contributed by atoms with Crippen LogP contribution in [-0.4, -0.2) is 53.1 Å². The normalized spacial score (nSPS) is 16.4. The molecule has 0 saturated carbocycles. The fraction of sp³-hybridized carbons (Fsp3) is 0.722. The molecule has 140 valence electrons. The number of esters is 1. The molecule has 2 heterocycles. The van der Waals surface area contributed by atoms with E-state index in [1.165, 1.54) is 0 Å². The molecule has 2 rings (SSSR count). The number of hydrogen-bond acceptors (Lipinski definition) is 4. The number of aliphatic imine (C=N–C) groups is 1. The second-order valence-corrected chi connectivity index (χ2v) is 6.80. The molecule has 0 spiro atoms. The maximum Gasteiger partial charge on any atom is 0.309 e. The van der Waals surface area contributed by atoms with Crippen LogP contribution in [0.1, 0.15) is 39.4 Å². The molecule has 25 heavy (non-hydrogen) atoms. The van der Waals surface area contributed by atoms with E-state index >= 15 is 0 Å². The fourth-order valence-corrected chi connectivity index (χ4v) is 3.14. The number of nitrogens with one attached hydrogen (secondary N) is 1. The molecule has 7 heteroatoms. The average molecular weight is 349 g/mol. The van der Waals surface area contributed by atoms with Crippen LogP contribution in [0.3, 0.4) is 0 Å². The smallest absolute Gasteiger partial charge is 0.309 e. The Kier molecular flexibility index (Phi) is 7.28. The highest BCUT2D eigenvalue weighted by molar-refractivity contribution is 5.80. The van der Waals surface area contributed by atoms with Gasteiger partial charge >= 0.3 is 5.97 Å². The van der Waals surface area contributed by atoms with Crippen molar-refractivity contribution in [1.82, 2.24) is 19.8 Å². The zero-order valence-corrected chi connectivity index (χ0v) is 15.9. The van der Waals surface area contributed by atoms with E-state index in [9.17, 15) is 4.79 Å². The number of guanidine groups is 1. The second-order valence-electron chi connectivity index (χ2n) is 6.80. The van der Waals surface area contributed by atoms with E-state index in [1.54, 1.807) is 7.05 Å². The highest BCUT2D eigenvalue weighted by Gasteiger charge is 2.27. The third-order valence-corrected chi connectivity index (χ3v) is 4.39. The molecule has 0 atom stereocenters. The molecule has 1 aromatic heterocycles. The van der Waals surface area contributed by atoms with E-state index < -0.39 is 0 Å². The van der Waals surface area contributed by atoms with Crippen LogP contribution in [0.4, 0.5) is 0 Å². The van der Waals surface area contributed by atoms with E-state index in [2.05, 4.69) is 38.6 Å². The predicted octanol–water partition coefficient (Wildman–Crippen LogP) is 1.89. The van der Waals surface area contributed by atoms with Crippen LogP contribution < -0.4 is 5.32 Å². The summed E-state index contributed by atoms with van der Waals surface area (Å²) in [7, 11) is 1.79. The Bertz CT molecular complexity index is 574. The van der Waals surface area contributed by atoms with Gasteiger partial charge in [-0.05, 0) is 25.7 Å². The number of piperidine rings is 1. The maximum absolute atomic E-state index is 11.9. The first-order valence-corrected chi connectivity index (χ1v) is 9.17. The minimum Gasteiger partial charge on any atom is -0.466 e. The lowest BCUT2D eigenvalue weighted by molar-refractivity contribution is -0.149. The first-order valence-electron chi connectivity index (χ1n) is 9.17. The number of rotatable bonds is 6. The number of imidazole rings is 1. The summed E-state index contributed by atoms with van der Waals surface area (Å²) in [5.74, 6) is 2.40. The van der Waals surface area contributed by atoms with Gasteiger partial charge in [0, 0.05) is 39.1 Å². The molecular formula is C18H31N5O2. The van der Waals surface area contributed by atoms with Crippen LogP contribution in [0.5, 0.6) is 0 Å². The number of likely N-dealkylation sites (tertiary alicyclic amines) is 1. The van der Waals surface area contributed by atoms with Crippen molar-refractivity contribution in [3.8, 4) is 0 Å². The Labute approximate surface area is 150 Å². The summed E-state index contributed by atoms with van der Waals surface area (Å²) < 4.78 is 7.31. The first-order chi connectivity index (χ1) is 12.0. The largest absolute Gasteiger partial charge is 0.466 e. The third-order valence-electron chi connectivity index (χ3n) is 4.39. The zero-order chi connectivity index (χ0) is 18.2. The lowest BCUT2D eigenvalue weighted by atomic mass is 9.97. The SMILES string of the molecule is CCOC(=O)C1CCN(C(=NC)NCc2nccn2CC(C)C)CC1. The van der Waals surface area contributed by atoms with Gasteiger partial charge in [0.1, 0.15) is 5.82 Å². The zero-order valence-electron chi connectivity index (χ0n) is 15.9. The monoisotopic (exact) mass is 349 g/mol. The molecular weight excluding hydrogens is 318 g/mol. The summed E-state index contributed by atoms with van der Waals surface area (Å²) in [4.78, 5) is 22.9. The quantitative estimate of drug-likeness (QED) is 0.482. The summed E-state index contributed by atoms with van der Waals surface area (Å²) in [6.07, 6.45) is 5.47. The van der Waals surface area contributed by atoms with Crippen molar-refractivity contribution in [3.63, 3.8) is 0 Å². The molecule has 0 aliphatic carbocycles. The van der Waals surface area contributed by atoms with Crippen molar-refractivity contribution in [2.45, 2.75) is 46.7 Å². The van der Waals surface area contributed by atoms with Crippen molar-refractivity contribution in [2.24, 2.45) is 16.8 Å². The van der Waals surface area contributed by atoms with Gasteiger partial charge in [-0.25, -0.2) is 4.98 Å². The van der Waals surface area contributed by atoms with Crippen LogP contribution in [0, 0.1) is 11.8 Å². The molecule has 1 fully saturated rings. The molecule has 1 aromatic rings. The predicted molar refractivity (Wildman–Crippen MR) is 98.2 cm³/mol. The summed E-state index contributed by atoms with van der Waals surface area (Å²) in [6.45, 7) is 9.92. The van der Waals surface area contributed by atoms with Gasteiger partial charge in [0.2, 0.25) is 0 Å². The van der Waals surface area contributed by atoms with Gasteiger partial charge in [-0.2, -0.15) is 0 Å². The Morgan fingerprint density at radius 1 is 1.44 bits per heavy atom. The number of carbonyl (C=O) groups is 1. The third kappa shape index (κ3) is 5.47. The molecule has 0 radical (unpaired) electrons. The molecule has 1 N–H and O–H groups in total. The average Bonchev–Trinajstić information content (AvgIpc) is 3.02. The number of hydrogen-bond donors (Lipinski definition) is 1. The van der Waals surface area contributed by atoms with Crippen LogP contribution >= 0.6 is 0 Å². The number of nitrogens with zero attached hydrogens (tertiary/aromatic N) is 4. The van der Waals surface area contributed by atoms with E-state index in [1.807, 2.05) is 19.3 Å². The minimum absolute atomic E-state index is 0.0132. The topological polar surface area (TPSA) is 71.8 Å². The van der Waals surface area contributed by atoms with Gasteiger partial charge in [-0.15, -0.1) is 0 Å². The van der Waals surface area contributed by atoms with E-state index in [-0.39, 0.29) is 11.9 Å². The lowest BCUT2D eigenvalue weighted by Crippen LogP contribution is -2.46. The molecule has 0 amide bonds. The molecule has 0 bridgehead atoms. The van der Waals surface area contributed by atoms with E-state index in [0.29, 0.717) is 19.1 Å².